The molecular formula is C11H20N2O3. The Morgan fingerprint density at radius 3 is 2.94 bits per heavy atom. The van der Waals surface area contributed by atoms with Gasteiger partial charge in [0.15, 0.2) is 0 Å². The Morgan fingerprint density at radius 2 is 2.38 bits per heavy atom. The van der Waals surface area contributed by atoms with Crippen molar-refractivity contribution in [3.05, 3.63) is 0 Å². The predicted octanol–water partition coefficient (Wildman–Crippen LogP) is -0.0861. The van der Waals surface area contributed by atoms with Gasteiger partial charge >= 0.3 is 5.97 Å². The molecule has 1 atom stereocenters. The van der Waals surface area contributed by atoms with Gasteiger partial charge in [0.1, 0.15) is 5.54 Å². The van der Waals surface area contributed by atoms with Gasteiger partial charge in [0, 0.05) is 32.8 Å². The Kier molecular flexibility index (Phi) is 3.47. The molecule has 2 N–H and O–H groups in total. The van der Waals surface area contributed by atoms with Gasteiger partial charge in [-0.1, -0.05) is 0 Å². The van der Waals surface area contributed by atoms with Gasteiger partial charge in [-0.25, -0.2) is 0 Å². The van der Waals surface area contributed by atoms with Crippen LogP contribution < -0.4 is 5.32 Å². The number of carbonyl (C=O) groups is 1. The summed E-state index contributed by atoms with van der Waals surface area (Å²) in [4.78, 5) is 13.7. The molecule has 0 aromatic rings. The van der Waals surface area contributed by atoms with Crippen LogP contribution in [0.4, 0.5) is 0 Å². The smallest absolute Gasteiger partial charge is 0.325 e. The third kappa shape index (κ3) is 2.36. The van der Waals surface area contributed by atoms with E-state index >= 15 is 0 Å². The lowest BCUT2D eigenvalue weighted by molar-refractivity contribution is -0.144. The summed E-state index contributed by atoms with van der Waals surface area (Å²) >= 11 is 0. The predicted molar refractivity (Wildman–Crippen MR) is 59.5 cm³/mol. The standard InChI is InChI=1S/C11H20N2O3/c1-16-7-5-12-11(10(14)15)4-6-13(8-11)9-2-3-9/h9,12H,2-8H2,1H3,(H,14,15). The number of aliphatic carboxylic acids is 1. The monoisotopic (exact) mass is 228 g/mol. The maximum atomic E-state index is 11.4. The number of hydrogen-bond donors (Lipinski definition) is 2. The maximum absolute atomic E-state index is 11.4. The molecule has 92 valence electrons. The quantitative estimate of drug-likeness (QED) is 0.622. The average molecular weight is 228 g/mol. The van der Waals surface area contributed by atoms with Gasteiger partial charge in [-0.2, -0.15) is 0 Å². The lowest BCUT2D eigenvalue weighted by atomic mass is 9.99. The fourth-order valence-electron chi connectivity index (χ4n) is 2.38. The number of ether oxygens (including phenoxy) is 1. The zero-order chi connectivity index (χ0) is 11.6. The Labute approximate surface area is 95.8 Å². The third-order valence-electron chi connectivity index (χ3n) is 3.54. The second-order valence-electron chi connectivity index (χ2n) is 4.76. The first-order chi connectivity index (χ1) is 7.68. The topological polar surface area (TPSA) is 61.8 Å². The van der Waals surface area contributed by atoms with Crippen LogP contribution in [0, 0.1) is 0 Å². The summed E-state index contributed by atoms with van der Waals surface area (Å²) in [6.45, 7) is 2.69. The molecule has 0 radical (unpaired) electrons. The molecule has 0 amide bonds. The van der Waals surface area contributed by atoms with Crippen molar-refractivity contribution in [1.29, 1.82) is 0 Å². The summed E-state index contributed by atoms with van der Waals surface area (Å²) in [7, 11) is 1.63. The number of likely N-dealkylation sites (tertiary alicyclic amines) is 1. The highest BCUT2D eigenvalue weighted by atomic mass is 16.5. The minimum atomic E-state index is -0.749. The van der Waals surface area contributed by atoms with E-state index in [1.807, 2.05) is 0 Å². The molecular weight excluding hydrogens is 208 g/mol. The van der Waals surface area contributed by atoms with Gasteiger partial charge in [0.25, 0.3) is 0 Å². The average Bonchev–Trinajstić information content (AvgIpc) is 3.01. The van der Waals surface area contributed by atoms with Gasteiger partial charge < -0.3 is 9.84 Å². The van der Waals surface area contributed by atoms with E-state index in [-0.39, 0.29) is 0 Å². The SMILES string of the molecule is COCCNC1(C(=O)O)CCN(C2CC2)C1. The zero-order valence-electron chi connectivity index (χ0n) is 9.74. The number of carboxylic acids is 1. The van der Waals surface area contributed by atoms with E-state index in [0.29, 0.717) is 32.2 Å². The second-order valence-corrected chi connectivity index (χ2v) is 4.76. The van der Waals surface area contributed by atoms with Crippen LogP contribution in [0.15, 0.2) is 0 Å². The van der Waals surface area contributed by atoms with Crippen LogP contribution in [0.5, 0.6) is 0 Å². The summed E-state index contributed by atoms with van der Waals surface area (Å²) in [5.74, 6) is -0.730. The molecule has 16 heavy (non-hydrogen) atoms. The Morgan fingerprint density at radius 1 is 1.62 bits per heavy atom. The number of hydrogen-bond acceptors (Lipinski definition) is 4. The Balaban J connectivity index is 1.91. The van der Waals surface area contributed by atoms with E-state index < -0.39 is 11.5 Å². The molecule has 1 saturated heterocycles. The second kappa shape index (κ2) is 4.69. The van der Waals surface area contributed by atoms with Crippen molar-refractivity contribution < 1.29 is 14.6 Å². The molecule has 2 aliphatic rings. The van der Waals surface area contributed by atoms with Crippen LogP contribution in [0.25, 0.3) is 0 Å². The highest BCUT2D eigenvalue weighted by Crippen LogP contribution is 2.33. The number of carboxylic acid groups (broad SMARTS) is 1. The lowest BCUT2D eigenvalue weighted by Gasteiger charge is -2.26. The number of rotatable bonds is 6. The molecule has 5 nitrogen and oxygen atoms in total. The molecule has 0 spiro atoms. The van der Waals surface area contributed by atoms with Crippen LogP contribution >= 0.6 is 0 Å². The summed E-state index contributed by atoms with van der Waals surface area (Å²) in [5, 5.41) is 12.5. The van der Waals surface area contributed by atoms with Crippen molar-refractivity contribution in [3.8, 4) is 0 Å². The van der Waals surface area contributed by atoms with E-state index in [1.165, 1.54) is 12.8 Å². The molecule has 1 aliphatic heterocycles. The highest BCUT2D eigenvalue weighted by molar-refractivity contribution is 5.79. The largest absolute Gasteiger partial charge is 0.480 e. The summed E-state index contributed by atoms with van der Waals surface area (Å²) in [6.07, 6.45) is 3.16. The van der Waals surface area contributed by atoms with Crippen LogP contribution in [0.3, 0.4) is 0 Å². The first kappa shape index (κ1) is 11.8. The van der Waals surface area contributed by atoms with Gasteiger partial charge in [-0.05, 0) is 19.3 Å². The van der Waals surface area contributed by atoms with E-state index in [2.05, 4.69) is 10.2 Å². The molecule has 0 aromatic heterocycles. The van der Waals surface area contributed by atoms with Crippen LogP contribution in [-0.2, 0) is 9.53 Å². The third-order valence-corrected chi connectivity index (χ3v) is 3.54. The molecule has 2 fully saturated rings. The first-order valence-corrected chi connectivity index (χ1v) is 5.89. The van der Waals surface area contributed by atoms with Crippen molar-refractivity contribution in [2.24, 2.45) is 0 Å². The van der Waals surface area contributed by atoms with Crippen LogP contribution in [0.2, 0.25) is 0 Å². The fraction of sp³-hybridized carbons (Fsp3) is 0.909. The fourth-order valence-corrected chi connectivity index (χ4v) is 2.38. The summed E-state index contributed by atoms with van der Waals surface area (Å²) < 4.78 is 4.94. The molecule has 1 aliphatic carbocycles. The molecule has 1 saturated carbocycles. The van der Waals surface area contributed by atoms with Crippen molar-refractivity contribution in [2.75, 3.05) is 33.4 Å². The first-order valence-electron chi connectivity index (χ1n) is 5.89. The van der Waals surface area contributed by atoms with Crippen molar-refractivity contribution in [1.82, 2.24) is 10.2 Å². The molecule has 0 aromatic carbocycles. The number of nitrogens with one attached hydrogen (secondary N) is 1. The van der Waals surface area contributed by atoms with Crippen LogP contribution in [0.1, 0.15) is 19.3 Å². The van der Waals surface area contributed by atoms with Gasteiger partial charge in [-0.3, -0.25) is 15.0 Å². The van der Waals surface area contributed by atoms with Gasteiger partial charge in [-0.15, -0.1) is 0 Å². The molecule has 2 rings (SSSR count). The summed E-state index contributed by atoms with van der Waals surface area (Å²) in [5.41, 5.74) is -0.749. The van der Waals surface area contributed by atoms with Gasteiger partial charge in [0.05, 0.1) is 6.61 Å². The lowest BCUT2D eigenvalue weighted by Crippen LogP contribution is -2.55. The zero-order valence-corrected chi connectivity index (χ0v) is 9.74. The molecule has 1 heterocycles. The Bertz CT molecular complexity index is 268. The van der Waals surface area contributed by atoms with Crippen molar-refractivity contribution in [2.45, 2.75) is 30.8 Å². The van der Waals surface area contributed by atoms with Crippen molar-refractivity contribution >= 4 is 5.97 Å². The molecule has 5 heteroatoms. The Hall–Kier alpha value is -0.650. The maximum Gasteiger partial charge on any atom is 0.325 e. The minimum Gasteiger partial charge on any atom is -0.480 e. The number of methoxy groups -OCH3 is 1. The van der Waals surface area contributed by atoms with E-state index in [4.69, 9.17) is 4.74 Å². The molecule has 1 unspecified atom stereocenters. The highest BCUT2D eigenvalue weighted by Gasteiger charge is 2.47. The van der Waals surface area contributed by atoms with E-state index in [9.17, 15) is 9.90 Å². The molecule has 0 bridgehead atoms. The van der Waals surface area contributed by atoms with Crippen molar-refractivity contribution in [3.63, 3.8) is 0 Å². The number of nitrogens with zero attached hydrogens (tertiary/aromatic N) is 1. The minimum absolute atomic E-state index is 0.554. The van der Waals surface area contributed by atoms with E-state index in [0.717, 1.165) is 6.54 Å². The normalized spacial score (nSPS) is 30.8. The van der Waals surface area contributed by atoms with Gasteiger partial charge in [0.2, 0.25) is 0 Å². The van der Waals surface area contributed by atoms with E-state index in [1.54, 1.807) is 7.11 Å². The summed E-state index contributed by atoms with van der Waals surface area (Å²) in [6, 6.07) is 0.644. The van der Waals surface area contributed by atoms with Crippen LogP contribution in [-0.4, -0.2) is 60.9 Å².